The van der Waals surface area contributed by atoms with E-state index in [-0.39, 0.29) is 23.6 Å². The molecule has 33 heavy (non-hydrogen) atoms. The van der Waals surface area contributed by atoms with Gasteiger partial charge in [-0.05, 0) is 30.3 Å². The highest BCUT2D eigenvalue weighted by Gasteiger charge is 2.14. The molecule has 0 aliphatic rings. The second-order valence-electron chi connectivity index (χ2n) is 6.72. The lowest BCUT2D eigenvalue weighted by molar-refractivity contribution is -0.384. The second kappa shape index (κ2) is 10.8. The first-order chi connectivity index (χ1) is 15.9. The Bertz CT molecular complexity index is 1270. The molecule has 0 unspecified atom stereocenters. The number of nitrogens with zero attached hydrogens (tertiary/aromatic N) is 2. The number of carbonyl (C=O) groups is 1. The summed E-state index contributed by atoms with van der Waals surface area (Å²) in [5.41, 5.74) is 1.03. The molecular weight excluding hydrogens is 446 g/mol. The van der Waals surface area contributed by atoms with Crippen molar-refractivity contribution in [2.45, 2.75) is 6.61 Å². The summed E-state index contributed by atoms with van der Waals surface area (Å²) >= 11 is 6.19. The Hall–Kier alpha value is -4.35. The lowest BCUT2D eigenvalue weighted by Crippen LogP contribution is -2.13. The SMILES string of the molecule is COc1ccc(/C=C(\C#N)C(=O)Nc2cccc([N+](=O)[O-])c2)c(OCc2ccccc2Cl)c1. The van der Waals surface area contributed by atoms with Crippen molar-refractivity contribution < 1.29 is 19.2 Å². The highest BCUT2D eigenvalue weighted by atomic mass is 35.5. The average Bonchev–Trinajstić information content (AvgIpc) is 2.82. The molecule has 3 aromatic carbocycles. The number of anilines is 1. The van der Waals surface area contributed by atoms with Crippen molar-refractivity contribution in [3.05, 3.63) is 98.6 Å². The fourth-order valence-corrected chi connectivity index (χ4v) is 3.05. The number of methoxy groups -OCH3 is 1. The molecule has 0 heterocycles. The van der Waals surface area contributed by atoms with Crippen LogP contribution in [0.15, 0.2) is 72.3 Å². The average molecular weight is 464 g/mol. The first-order valence-corrected chi connectivity index (χ1v) is 10.0. The molecule has 3 rings (SSSR count). The molecule has 0 atom stereocenters. The van der Waals surface area contributed by atoms with Gasteiger partial charge in [0, 0.05) is 40.0 Å². The molecule has 9 heteroatoms. The molecule has 0 aliphatic heterocycles. The summed E-state index contributed by atoms with van der Waals surface area (Å²) in [7, 11) is 1.51. The Labute approximate surface area is 194 Å². The van der Waals surface area contributed by atoms with E-state index in [2.05, 4.69) is 5.32 Å². The van der Waals surface area contributed by atoms with Crippen LogP contribution in [0.4, 0.5) is 11.4 Å². The monoisotopic (exact) mass is 463 g/mol. The fraction of sp³-hybridized carbons (Fsp3) is 0.0833. The van der Waals surface area contributed by atoms with Gasteiger partial charge in [0.2, 0.25) is 0 Å². The number of carbonyl (C=O) groups excluding carboxylic acids is 1. The number of ether oxygens (including phenoxy) is 2. The number of benzene rings is 3. The second-order valence-corrected chi connectivity index (χ2v) is 7.12. The third-order valence-electron chi connectivity index (χ3n) is 4.54. The quantitative estimate of drug-likeness (QED) is 0.207. The van der Waals surface area contributed by atoms with Crippen molar-refractivity contribution in [1.29, 1.82) is 5.26 Å². The number of nitro groups is 1. The molecule has 1 amide bonds. The molecule has 1 N–H and O–H groups in total. The summed E-state index contributed by atoms with van der Waals surface area (Å²) in [6, 6.07) is 19.5. The lowest BCUT2D eigenvalue weighted by Gasteiger charge is -2.12. The van der Waals surface area contributed by atoms with E-state index in [1.165, 1.54) is 37.5 Å². The van der Waals surface area contributed by atoms with Crippen molar-refractivity contribution in [3.8, 4) is 17.6 Å². The third kappa shape index (κ3) is 6.09. The number of halogens is 1. The van der Waals surface area contributed by atoms with Crippen LogP contribution < -0.4 is 14.8 Å². The normalized spacial score (nSPS) is 10.8. The van der Waals surface area contributed by atoms with Crippen molar-refractivity contribution >= 4 is 35.0 Å². The van der Waals surface area contributed by atoms with Crippen LogP contribution in [-0.4, -0.2) is 17.9 Å². The first kappa shape index (κ1) is 23.3. The number of amides is 1. The van der Waals surface area contributed by atoms with E-state index in [9.17, 15) is 20.2 Å². The smallest absolute Gasteiger partial charge is 0.271 e. The minimum Gasteiger partial charge on any atom is -0.497 e. The van der Waals surface area contributed by atoms with E-state index in [0.717, 1.165) is 5.56 Å². The number of hydrogen-bond acceptors (Lipinski definition) is 6. The van der Waals surface area contributed by atoms with Crippen LogP contribution in [0.5, 0.6) is 11.5 Å². The number of nitrogens with one attached hydrogen (secondary N) is 1. The molecule has 3 aromatic rings. The van der Waals surface area contributed by atoms with Gasteiger partial charge in [-0.15, -0.1) is 0 Å². The third-order valence-corrected chi connectivity index (χ3v) is 4.91. The van der Waals surface area contributed by atoms with Crippen molar-refractivity contribution in [2.75, 3.05) is 12.4 Å². The Balaban J connectivity index is 1.87. The zero-order chi connectivity index (χ0) is 23.8. The molecule has 0 saturated heterocycles. The zero-order valence-electron chi connectivity index (χ0n) is 17.4. The van der Waals surface area contributed by atoms with E-state index in [1.54, 1.807) is 24.3 Å². The highest BCUT2D eigenvalue weighted by Crippen LogP contribution is 2.29. The van der Waals surface area contributed by atoms with Crippen LogP contribution in [0.2, 0.25) is 5.02 Å². The number of nitriles is 1. The van der Waals surface area contributed by atoms with Crippen LogP contribution in [0, 0.1) is 21.4 Å². The van der Waals surface area contributed by atoms with Gasteiger partial charge in [0.15, 0.2) is 0 Å². The molecule has 0 bridgehead atoms. The Morgan fingerprint density at radius 2 is 1.97 bits per heavy atom. The fourth-order valence-electron chi connectivity index (χ4n) is 2.86. The van der Waals surface area contributed by atoms with Gasteiger partial charge in [-0.1, -0.05) is 35.9 Å². The minimum absolute atomic E-state index is 0.162. The van der Waals surface area contributed by atoms with E-state index in [1.807, 2.05) is 24.3 Å². The molecular formula is C24H18ClN3O5. The lowest BCUT2D eigenvalue weighted by atomic mass is 10.1. The van der Waals surface area contributed by atoms with E-state index < -0.39 is 10.8 Å². The van der Waals surface area contributed by atoms with Crippen LogP contribution in [0.3, 0.4) is 0 Å². The first-order valence-electron chi connectivity index (χ1n) is 9.63. The van der Waals surface area contributed by atoms with Crippen molar-refractivity contribution in [2.24, 2.45) is 0 Å². The highest BCUT2D eigenvalue weighted by molar-refractivity contribution is 6.31. The van der Waals surface area contributed by atoms with Gasteiger partial charge in [-0.25, -0.2) is 0 Å². The summed E-state index contributed by atoms with van der Waals surface area (Å²) in [5, 5.41) is 23.5. The van der Waals surface area contributed by atoms with Gasteiger partial charge in [-0.2, -0.15) is 5.26 Å². The minimum atomic E-state index is -0.717. The molecule has 0 spiro atoms. The van der Waals surface area contributed by atoms with Gasteiger partial charge < -0.3 is 14.8 Å². The topological polar surface area (TPSA) is 114 Å². The van der Waals surface area contributed by atoms with E-state index >= 15 is 0 Å². The van der Waals surface area contributed by atoms with Gasteiger partial charge in [0.25, 0.3) is 11.6 Å². The molecule has 8 nitrogen and oxygen atoms in total. The number of non-ortho nitro benzene ring substituents is 1. The summed E-state index contributed by atoms with van der Waals surface area (Å²) in [6.45, 7) is 0.162. The molecule has 0 fully saturated rings. The Morgan fingerprint density at radius 1 is 1.18 bits per heavy atom. The molecule has 0 aromatic heterocycles. The molecule has 0 radical (unpaired) electrons. The molecule has 0 aliphatic carbocycles. The Morgan fingerprint density at radius 3 is 2.67 bits per heavy atom. The van der Waals surface area contributed by atoms with Gasteiger partial charge in [0.1, 0.15) is 29.7 Å². The maximum absolute atomic E-state index is 12.6. The molecule has 166 valence electrons. The maximum atomic E-state index is 12.6. The summed E-state index contributed by atoms with van der Waals surface area (Å²) < 4.78 is 11.2. The largest absolute Gasteiger partial charge is 0.497 e. The Kier molecular flexibility index (Phi) is 7.63. The van der Waals surface area contributed by atoms with Crippen LogP contribution in [0.25, 0.3) is 6.08 Å². The van der Waals surface area contributed by atoms with Crippen molar-refractivity contribution in [3.63, 3.8) is 0 Å². The zero-order valence-corrected chi connectivity index (χ0v) is 18.2. The predicted octanol–water partition coefficient (Wildman–Crippen LogP) is 5.38. The van der Waals surface area contributed by atoms with Gasteiger partial charge >= 0.3 is 0 Å². The van der Waals surface area contributed by atoms with E-state index in [4.69, 9.17) is 21.1 Å². The number of nitro benzene ring substituents is 1. The van der Waals surface area contributed by atoms with Crippen molar-refractivity contribution in [1.82, 2.24) is 0 Å². The summed E-state index contributed by atoms with van der Waals surface area (Å²) in [5.74, 6) is 0.192. The van der Waals surface area contributed by atoms with Crippen LogP contribution in [0.1, 0.15) is 11.1 Å². The number of rotatable bonds is 8. The predicted molar refractivity (Wildman–Crippen MR) is 124 cm³/mol. The maximum Gasteiger partial charge on any atom is 0.271 e. The number of hydrogen-bond donors (Lipinski definition) is 1. The summed E-state index contributed by atoms with van der Waals surface area (Å²) in [4.78, 5) is 23.0. The van der Waals surface area contributed by atoms with Gasteiger partial charge in [0.05, 0.1) is 12.0 Å². The van der Waals surface area contributed by atoms with Crippen LogP contribution >= 0.6 is 11.6 Å². The van der Waals surface area contributed by atoms with Crippen LogP contribution in [-0.2, 0) is 11.4 Å². The molecule has 0 saturated carbocycles. The van der Waals surface area contributed by atoms with Gasteiger partial charge in [-0.3, -0.25) is 14.9 Å². The standard InChI is InChI=1S/C24H18ClN3O5/c1-32-21-10-9-16(23(13-21)33-15-17-5-2-3-8-22(17)25)11-18(14-26)24(29)27-19-6-4-7-20(12-19)28(30)31/h2-13H,15H2,1H3,(H,27,29)/b18-11+. The van der Waals surface area contributed by atoms with E-state index in [0.29, 0.717) is 22.1 Å². The summed E-state index contributed by atoms with van der Waals surface area (Å²) in [6.07, 6.45) is 1.37.